The van der Waals surface area contributed by atoms with Crippen LogP contribution in [0.1, 0.15) is 34.6 Å². The maximum atomic E-state index is 13.4. The molecule has 5 aliphatic heterocycles. The lowest BCUT2D eigenvalue weighted by Crippen LogP contribution is -2.40. The van der Waals surface area contributed by atoms with Gasteiger partial charge in [0.1, 0.15) is 11.4 Å². The van der Waals surface area contributed by atoms with Gasteiger partial charge in [-0.2, -0.15) is 0 Å². The van der Waals surface area contributed by atoms with Crippen LogP contribution in [0.3, 0.4) is 0 Å². The number of hydrogen-bond donors (Lipinski definition) is 1. The Labute approximate surface area is 201 Å². The van der Waals surface area contributed by atoms with Crippen LogP contribution in [0.2, 0.25) is 0 Å². The smallest absolute Gasteiger partial charge is 0.304 e. The number of carbonyl (C=O) groups excluding carboxylic acids is 3. The highest BCUT2D eigenvalue weighted by Crippen LogP contribution is 2.35. The normalized spacial score (nSPS) is 29.3. The largest absolute Gasteiger partial charge is 0.444 e. The van der Waals surface area contributed by atoms with Gasteiger partial charge in [0.2, 0.25) is 17.2 Å². The molecule has 1 N–H and O–H groups in total. The molecule has 0 aromatic heterocycles. The number of nitrogens with zero attached hydrogens (tertiary/aromatic N) is 4. The first-order chi connectivity index (χ1) is 16.4. The zero-order chi connectivity index (χ0) is 25.3. The van der Waals surface area contributed by atoms with Crippen LogP contribution < -0.4 is 0 Å². The van der Waals surface area contributed by atoms with Crippen molar-refractivity contribution >= 4 is 40.4 Å². The second-order valence-corrected chi connectivity index (χ2v) is 9.20. The molecule has 2 unspecified atom stereocenters. The Bertz CT molecular complexity index is 1470. The summed E-state index contributed by atoms with van der Waals surface area (Å²) < 4.78 is 5.45. The predicted octanol–water partition coefficient (Wildman–Crippen LogP) is 2.46. The lowest BCUT2D eigenvalue weighted by molar-refractivity contribution is -0.156. The molecule has 8 bridgehead atoms. The number of ether oxygens (including phenoxy) is 1. The summed E-state index contributed by atoms with van der Waals surface area (Å²) in [6, 6.07) is 0. The van der Waals surface area contributed by atoms with Gasteiger partial charge in [0, 0.05) is 6.92 Å². The fourth-order valence-electron chi connectivity index (χ4n) is 4.32. The molecule has 35 heavy (non-hydrogen) atoms. The van der Waals surface area contributed by atoms with E-state index in [9.17, 15) is 19.5 Å². The molecule has 5 rings (SSSR count). The van der Waals surface area contributed by atoms with Crippen LogP contribution >= 0.6 is 0 Å². The second kappa shape index (κ2) is 7.44. The Hall–Kier alpha value is -4.11. The van der Waals surface area contributed by atoms with Gasteiger partial charge in [0.15, 0.2) is 5.60 Å². The molecule has 0 fully saturated rings. The van der Waals surface area contributed by atoms with Crippen LogP contribution in [0, 0.1) is 0 Å². The molecule has 5 heterocycles. The lowest BCUT2D eigenvalue weighted by Gasteiger charge is -2.22. The molecule has 0 radical (unpaired) electrons. The van der Waals surface area contributed by atoms with Gasteiger partial charge in [-0.3, -0.25) is 14.4 Å². The molecule has 0 aliphatic carbocycles. The van der Waals surface area contributed by atoms with E-state index >= 15 is 0 Å². The quantitative estimate of drug-likeness (QED) is 0.589. The van der Waals surface area contributed by atoms with E-state index < -0.39 is 28.7 Å². The number of ketones is 2. The standard InChI is InChI=1S/C26H22N4O5/c1-12-7-16-9-21-25(4,34)23(32)19(29-21)8-15-6-13(2)18(27-15)11-22-26(5,35-14(3)31)24(33)20(30-22)10-17(12)28-16/h6-11,34H,1-5H3. The molecule has 2 atom stereocenters. The summed E-state index contributed by atoms with van der Waals surface area (Å²) in [6.07, 6.45) is 9.67. The van der Waals surface area contributed by atoms with Gasteiger partial charge < -0.3 is 9.84 Å². The van der Waals surface area contributed by atoms with E-state index in [1.807, 2.05) is 13.8 Å². The maximum Gasteiger partial charge on any atom is 0.304 e. The molecule has 0 saturated carbocycles. The number of aliphatic hydroxyl groups is 1. The van der Waals surface area contributed by atoms with Crippen molar-refractivity contribution in [2.24, 2.45) is 20.0 Å². The number of carbonyl (C=O) groups is 3. The third kappa shape index (κ3) is 3.55. The molecule has 9 nitrogen and oxygen atoms in total. The van der Waals surface area contributed by atoms with E-state index in [1.165, 1.54) is 39.0 Å². The fraction of sp³-hybridized carbons (Fsp3) is 0.269. The van der Waals surface area contributed by atoms with Gasteiger partial charge in [-0.25, -0.2) is 20.0 Å². The SMILES string of the molecule is CC(=O)OC1(C)C(=O)C2=NC1=CC1=NC(=CC3=NC(=CC4=NC(=C2)C(C)=C4)C(C)(O)C3=O)C=C1C. The molecule has 0 aromatic rings. The van der Waals surface area contributed by atoms with Crippen LogP contribution in [-0.2, 0) is 19.1 Å². The minimum Gasteiger partial charge on any atom is -0.444 e. The zero-order valence-electron chi connectivity index (χ0n) is 19.8. The lowest BCUT2D eigenvalue weighted by atomic mass is 9.95. The van der Waals surface area contributed by atoms with Crippen LogP contribution in [-0.4, -0.2) is 56.7 Å². The number of aliphatic imine (C=N–C) groups is 4. The highest BCUT2D eigenvalue weighted by Gasteiger charge is 2.48. The Balaban J connectivity index is 1.75. The van der Waals surface area contributed by atoms with Gasteiger partial charge >= 0.3 is 5.97 Å². The maximum absolute atomic E-state index is 13.4. The summed E-state index contributed by atoms with van der Waals surface area (Å²) in [6.45, 7) is 7.76. The molecular weight excluding hydrogens is 448 g/mol. The van der Waals surface area contributed by atoms with E-state index in [4.69, 9.17) is 4.74 Å². The first kappa shape index (κ1) is 22.7. The van der Waals surface area contributed by atoms with Crippen molar-refractivity contribution in [2.45, 2.75) is 45.8 Å². The molecule has 5 aliphatic rings. The number of esters is 1. The van der Waals surface area contributed by atoms with Crippen molar-refractivity contribution in [3.8, 4) is 0 Å². The van der Waals surface area contributed by atoms with E-state index in [-0.39, 0.29) is 22.8 Å². The Morgan fingerprint density at radius 2 is 1.49 bits per heavy atom. The average Bonchev–Trinajstić information content (AvgIpc) is 3.41. The van der Waals surface area contributed by atoms with Gasteiger partial charge in [-0.15, -0.1) is 0 Å². The number of rotatable bonds is 1. The highest BCUT2D eigenvalue weighted by atomic mass is 16.6. The summed E-state index contributed by atoms with van der Waals surface area (Å²) in [4.78, 5) is 56.1. The minimum atomic E-state index is -1.81. The number of fused-ring (bicyclic) bond motifs is 4. The first-order valence-corrected chi connectivity index (χ1v) is 11.0. The zero-order valence-corrected chi connectivity index (χ0v) is 19.8. The third-order valence-electron chi connectivity index (χ3n) is 6.31. The van der Waals surface area contributed by atoms with Crippen LogP contribution in [0.15, 0.2) is 90.4 Å². The summed E-state index contributed by atoms with van der Waals surface area (Å²) in [5, 5.41) is 10.9. The first-order valence-electron chi connectivity index (χ1n) is 11.0. The van der Waals surface area contributed by atoms with Gasteiger partial charge in [-0.1, -0.05) is 0 Å². The van der Waals surface area contributed by atoms with Crippen LogP contribution in [0.25, 0.3) is 0 Å². The van der Waals surface area contributed by atoms with Crippen LogP contribution in [0.5, 0.6) is 0 Å². The monoisotopic (exact) mass is 470 g/mol. The molecular formula is C26H22N4O5. The van der Waals surface area contributed by atoms with Gasteiger partial charge in [0.05, 0.1) is 34.2 Å². The molecule has 176 valence electrons. The summed E-state index contributed by atoms with van der Waals surface area (Å²) in [5.74, 6) is -1.63. The molecule has 9 heteroatoms. The van der Waals surface area contributed by atoms with Gasteiger partial charge in [-0.05, 0) is 75.3 Å². The Kier molecular flexibility index (Phi) is 4.82. The van der Waals surface area contributed by atoms with Crippen molar-refractivity contribution in [3.05, 3.63) is 70.4 Å². The number of hydrogen-bond acceptors (Lipinski definition) is 9. The molecule has 0 aromatic carbocycles. The summed E-state index contributed by atoms with van der Waals surface area (Å²) in [7, 11) is 0. The van der Waals surface area contributed by atoms with Crippen molar-refractivity contribution < 1.29 is 24.2 Å². The predicted molar refractivity (Wildman–Crippen MR) is 130 cm³/mol. The Morgan fingerprint density at radius 3 is 2.20 bits per heavy atom. The number of Topliss-reactive ketones (excluding diaryl/α,β-unsaturated/α-hetero) is 2. The second-order valence-electron chi connectivity index (χ2n) is 9.20. The van der Waals surface area contributed by atoms with Crippen LogP contribution in [0.4, 0.5) is 0 Å². The molecule has 0 amide bonds. The summed E-state index contributed by atoms with van der Waals surface area (Å²) in [5.41, 5.74) is 0.504. The van der Waals surface area contributed by atoms with E-state index in [1.54, 1.807) is 18.2 Å². The minimum absolute atomic E-state index is 0.0706. The highest BCUT2D eigenvalue weighted by molar-refractivity contribution is 6.51. The summed E-state index contributed by atoms with van der Waals surface area (Å²) >= 11 is 0. The van der Waals surface area contributed by atoms with E-state index in [2.05, 4.69) is 20.0 Å². The van der Waals surface area contributed by atoms with Crippen molar-refractivity contribution in [1.29, 1.82) is 0 Å². The topological polar surface area (TPSA) is 130 Å². The molecule has 0 saturated heterocycles. The molecule has 0 spiro atoms. The average molecular weight is 470 g/mol. The number of allylic oxidation sites excluding steroid dienone is 8. The van der Waals surface area contributed by atoms with E-state index in [0.717, 1.165) is 11.1 Å². The fourth-order valence-corrected chi connectivity index (χ4v) is 4.32. The van der Waals surface area contributed by atoms with Crippen molar-refractivity contribution in [2.75, 3.05) is 0 Å². The third-order valence-corrected chi connectivity index (χ3v) is 6.31. The van der Waals surface area contributed by atoms with Crippen molar-refractivity contribution in [3.63, 3.8) is 0 Å². The van der Waals surface area contributed by atoms with Crippen molar-refractivity contribution in [1.82, 2.24) is 0 Å². The van der Waals surface area contributed by atoms with Gasteiger partial charge in [0.25, 0.3) is 0 Å². The Morgan fingerprint density at radius 1 is 0.800 bits per heavy atom. The van der Waals surface area contributed by atoms with E-state index in [0.29, 0.717) is 22.8 Å².